The minimum atomic E-state index is -4.43. The number of furan rings is 1. The lowest BCUT2D eigenvalue weighted by Crippen LogP contribution is -2.33. The van der Waals surface area contributed by atoms with Gasteiger partial charge >= 0.3 is 6.18 Å². The number of carbonyl (C=O) groups excluding carboxylic acids is 1. The molecule has 0 radical (unpaired) electrons. The van der Waals surface area contributed by atoms with E-state index in [-0.39, 0.29) is 18.0 Å². The average Bonchev–Trinajstić information content (AvgIpc) is 2.95. The number of hydrogen-bond acceptors (Lipinski definition) is 3. The number of halogens is 3. The molecule has 0 fully saturated rings. The Morgan fingerprint density at radius 1 is 1.17 bits per heavy atom. The Morgan fingerprint density at radius 3 is 2.33 bits per heavy atom. The summed E-state index contributed by atoms with van der Waals surface area (Å²) in [6.07, 6.45) is -4.43. The molecule has 0 N–H and O–H groups in total. The van der Waals surface area contributed by atoms with E-state index in [1.165, 1.54) is 24.1 Å². The third-order valence-electron chi connectivity index (χ3n) is 3.45. The number of benzene rings is 1. The van der Waals surface area contributed by atoms with Crippen molar-refractivity contribution in [3.05, 3.63) is 59.0 Å². The number of hydrogen-bond donors (Lipinski definition) is 0. The van der Waals surface area contributed by atoms with E-state index in [0.717, 1.165) is 17.9 Å². The van der Waals surface area contributed by atoms with Gasteiger partial charge < -0.3 is 14.1 Å². The highest BCUT2D eigenvalue weighted by molar-refractivity contribution is 5.94. The molecule has 7 heteroatoms. The maximum absolute atomic E-state index is 12.6. The van der Waals surface area contributed by atoms with Gasteiger partial charge in [-0.2, -0.15) is 13.2 Å². The van der Waals surface area contributed by atoms with Crippen LogP contribution in [0.5, 0.6) is 0 Å². The molecule has 1 aromatic carbocycles. The molecular formula is C17H18F3NO3. The summed E-state index contributed by atoms with van der Waals surface area (Å²) in [5, 5.41) is 0. The van der Waals surface area contributed by atoms with Crippen molar-refractivity contribution >= 4 is 5.91 Å². The number of rotatable bonds is 6. The van der Waals surface area contributed by atoms with Crippen molar-refractivity contribution < 1.29 is 27.1 Å². The first-order valence-corrected chi connectivity index (χ1v) is 7.32. The van der Waals surface area contributed by atoms with Gasteiger partial charge in [0, 0.05) is 19.2 Å². The molecule has 1 amide bonds. The summed E-state index contributed by atoms with van der Waals surface area (Å²) in [5.41, 5.74) is -0.605. The van der Waals surface area contributed by atoms with Gasteiger partial charge in [-0.15, -0.1) is 0 Å². The highest BCUT2D eigenvalue weighted by atomic mass is 19.4. The fourth-order valence-corrected chi connectivity index (χ4v) is 2.20. The summed E-state index contributed by atoms with van der Waals surface area (Å²) in [4.78, 5) is 14.0. The number of amides is 1. The van der Waals surface area contributed by atoms with Crippen molar-refractivity contribution in [2.45, 2.75) is 19.6 Å². The van der Waals surface area contributed by atoms with Gasteiger partial charge in [0.25, 0.3) is 5.91 Å². The maximum Gasteiger partial charge on any atom is 0.416 e. The monoisotopic (exact) mass is 341 g/mol. The normalized spacial score (nSPS) is 11.5. The standard InChI is InChI=1S/C17H18F3NO3/c1-12-3-8-15(24-12)11-21(9-10-23-2)16(22)13-4-6-14(7-5-13)17(18,19)20/h3-8H,9-11H2,1-2H3. The van der Waals surface area contributed by atoms with Crippen LogP contribution in [0.25, 0.3) is 0 Å². The second-order valence-electron chi connectivity index (χ2n) is 5.31. The summed E-state index contributed by atoms with van der Waals surface area (Å²) in [6, 6.07) is 7.70. The summed E-state index contributed by atoms with van der Waals surface area (Å²) in [5.74, 6) is 0.942. The van der Waals surface area contributed by atoms with E-state index in [0.29, 0.717) is 18.9 Å². The molecular weight excluding hydrogens is 323 g/mol. The fourth-order valence-electron chi connectivity index (χ4n) is 2.20. The first kappa shape index (κ1) is 18.1. The minimum Gasteiger partial charge on any atom is -0.464 e. The zero-order valence-corrected chi connectivity index (χ0v) is 13.4. The molecule has 0 aliphatic heterocycles. The van der Waals surface area contributed by atoms with Gasteiger partial charge in [-0.3, -0.25) is 4.79 Å². The Balaban J connectivity index is 2.17. The Labute approximate surface area is 137 Å². The zero-order valence-electron chi connectivity index (χ0n) is 13.4. The lowest BCUT2D eigenvalue weighted by Gasteiger charge is -2.21. The predicted octanol–water partition coefficient (Wildman–Crippen LogP) is 3.90. The molecule has 4 nitrogen and oxygen atoms in total. The first-order valence-electron chi connectivity index (χ1n) is 7.32. The van der Waals surface area contributed by atoms with Crippen LogP contribution in [0.1, 0.15) is 27.4 Å². The van der Waals surface area contributed by atoms with Gasteiger partial charge in [0.05, 0.1) is 18.7 Å². The van der Waals surface area contributed by atoms with Crippen molar-refractivity contribution in [1.29, 1.82) is 0 Å². The molecule has 0 saturated heterocycles. The van der Waals surface area contributed by atoms with E-state index in [9.17, 15) is 18.0 Å². The topological polar surface area (TPSA) is 42.7 Å². The lowest BCUT2D eigenvalue weighted by molar-refractivity contribution is -0.137. The van der Waals surface area contributed by atoms with Crippen LogP contribution in [0.15, 0.2) is 40.8 Å². The largest absolute Gasteiger partial charge is 0.464 e. The Morgan fingerprint density at radius 2 is 1.83 bits per heavy atom. The molecule has 2 rings (SSSR count). The van der Waals surface area contributed by atoms with Gasteiger partial charge in [0.1, 0.15) is 11.5 Å². The molecule has 0 unspecified atom stereocenters. The number of aryl methyl sites for hydroxylation is 1. The van der Waals surface area contributed by atoms with Crippen LogP contribution in [0.3, 0.4) is 0 Å². The lowest BCUT2D eigenvalue weighted by atomic mass is 10.1. The van der Waals surface area contributed by atoms with Gasteiger partial charge in [-0.1, -0.05) is 0 Å². The van der Waals surface area contributed by atoms with Crippen molar-refractivity contribution in [2.24, 2.45) is 0 Å². The van der Waals surface area contributed by atoms with E-state index < -0.39 is 11.7 Å². The van der Waals surface area contributed by atoms with Crippen LogP contribution in [0, 0.1) is 6.92 Å². The van der Waals surface area contributed by atoms with E-state index in [2.05, 4.69) is 0 Å². The van der Waals surface area contributed by atoms with Crippen LogP contribution >= 0.6 is 0 Å². The van der Waals surface area contributed by atoms with Gasteiger partial charge in [0.15, 0.2) is 0 Å². The number of methoxy groups -OCH3 is 1. The Bertz CT molecular complexity index is 677. The molecule has 0 aliphatic rings. The second-order valence-corrected chi connectivity index (χ2v) is 5.31. The summed E-state index contributed by atoms with van der Waals surface area (Å²) in [6.45, 7) is 2.62. The van der Waals surface area contributed by atoms with Crippen LogP contribution in [-0.4, -0.2) is 31.1 Å². The summed E-state index contributed by atoms with van der Waals surface area (Å²) in [7, 11) is 1.51. The third kappa shape index (κ3) is 4.61. The van der Waals surface area contributed by atoms with Crippen molar-refractivity contribution in [1.82, 2.24) is 4.90 Å². The number of nitrogens with zero attached hydrogens (tertiary/aromatic N) is 1. The molecule has 0 aliphatic carbocycles. The van der Waals surface area contributed by atoms with Crippen LogP contribution in [0.4, 0.5) is 13.2 Å². The molecule has 0 atom stereocenters. The highest BCUT2D eigenvalue weighted by Crippen LogP contribution is 2.29. The van der Waals surface area contributed by atoms with Gasteiger partial charge in [-0.25, -0.2) is 0 Å². The van der Waals surface area contributed by atoms with Crippen LogP contribution in [0.2, 0.25) is 0 Å². The molecule has 130 valence electrons. The van der Waals surface area contributed by atoms with Crippen molar-refractivity contribution in [3.8, 4) is 0 Å². The van der Waals surface area contributed by atoms with Crippen LogP contribution < -0.4 is 0 Å². The molecule has 0 bridgehead atoms. The molecule has 24 heavy (non-hydrogen) atoms. The van der Waals surface area contributed by atoms with Gasteiger partial charge in [0.2, 0.25) is 0 Å². The highest BCUT2D eigenvalue weighted by Gasteiger charge is 2.30. The summed E-state index contributed by atoms with van der Waals surface area (Å²) < 4.78 is 48.3. The smallest absolute Gasteiger partial charge is 0.416 e. The van der Waals surface area contributed by atoms with E-state index in [1.807, 2.05) is 0 Å². The number of ether oxygens (including phenoxy) is 1. The number of alkyl halides is 3. The second kappa shape index (κ2) is 7.53. The molecule has 0 spiro atoms. The van der Waals surface area contributed by atoms with Gasteiger partial charge in [-0.05, 0) is 43.3 Å². The minimum absolute atomic E-state index is 0.183. The Hall–Kier alpha value is -2.28. The number of carbonyl (C=O) groups is 1. The van der Waals surface area contributed by atoms with Crippen molar-refractivity contribution in [2.75, 3.05) is 20.3 Å². The van der Waals surface area contributed by atoms with E-state index in [1.54, 1.807) is 19.1 Å². The molecule has 0 saturated carbocycles. The SMILES string of the molecule is COCCN(Cc1ccc(C)o1)C(=O)c1ccc(C(F)(F)F)cc1. The molecule has 1 aromatic heterocycles. The third-order valence-corrected chi connectivity index (χ3v) is 3.45. The predicted molar refractivity (Wildman–Crippen MR) is 81.5 cm³/mol. The van der Waals surface area contributed by atoms with E-state index in [4.69, 9.17) is 9.15 Å². The molecule has 1 heterocycles. The Kier molecular flexibility index (Phi) is 5.66. The quantitative estimate of drug-likeness (QED) is 0.800. The van der Waals surface area contributed by atoms with Crippen LogP contribution in [-0.2, 0) is 17.5 Å². The zero-order chi connectivity index (χ0) is 17.7. The molecule has 2 aromatic rings. The summed E-state index contributed by atoms with van der Waals surface area (Å²) >= 11 is 0. The maximum atomic E-state index is 12.6. The first-order chi connectivity index (χ1) is 11.3. The van der Waals surface area contributed by atoms with E-state index >= 15 is 0 Å². The fraction of sp³-hybridized carbons (Fsp3) is 0.353. The van der Waals surface area contributed by atoms with Crippen molar-refractivity contribution in [3.63, 3.8) is 0 Å². The average molecular weight is 341 g/mol.